The largest absolute Gasteiger partial charge is 0.482 e. The smallest absolute Gasteiger partial charge is 0.191 e. The molecule has 0 aromatic heterocycles. The van der Waals surface area contributed by atoms with Crippen LogP contribution >= 0.6 is 15.9 Å². The molecule has 0 aliphatic heterocycles. The van der Waals surface area contributed by atoms with E-state index in [4.69, 9.17) is 10.5 Å². The number of hydrogen-bond acceptors (Lipinski definition) is 2. The first-order valence-corrected chi connectivity index (χ1v) is 4.98. The van der Waals surface area contributed by atoms with Crippen LogP contribution in [0.5, 0.6) is 5.75 Å². The zero-order chi connectivity index (χ0) is 11.4. The van der Waals surface area contributed by atoms with E-state index < -0.39 is 17.4 Å². The van der Waals surface area contributed by atoms with Crippen LogP contribution in [0.1, 0.15) is 5.56 Å². The summed E-state index contributed by atoms with van der Waals surface area (Å²) < 4.78 is 32.0. The maximum atomic E-state index is 13.3. The lowest BCUT2D eigenvalue weighted by Crippen LogP contribution is -2.04. The van der Waals surface area contributed by atoms with E-state index in [9.17, 15) is 8.78 Å². The molecule has 15 heavy (non-hydrogen) atoms. The van der Waals surface area contributed by atoms with Crippen LogP contribution in [0.4, 0.5) is 8.78 Å². The maximum Gasteiger partial charge on any atom is 0.191 e. The average molecular weight is 278 g/mol. The van der Waals surface area contributed by atoms with Gasteiger partial charge in [0.2, 0.25) is 0 Å². The van der Waals surface area contributed by atoms with E-state index >= 15 is 0 Å². The minimum absolute atomic E-state index is 0.00973. The molecule has 0 atom stereocenters. The summed E-state index contributed by atoms with van der Waals surface area (Å²) >= 11 is 3.02. The van der Waals surface area contributed by atoms with Gasteiger partial charge in [-0.25, -0.2) is 8.78 Å². The Labute approximate surface area is 94.9 Å². The van der Waals surface area contributed by atoms with E-state index in [0.29, 0.717) is 10.0 Å². The Kier molecular flexibility index (Phi) is 4.23. The molecular weight excluding hydrogens is 268 g/mol. The molecule has 5 heteroatoms. The summed E-state index contributed by atoms with van der Waals surface area (Å²) in [5.74, 6) is -1.93. The molecule has 1 rings (SSSR count). The second kappa shape index (κ2) is 5.23. The molecule has 0 aliphatic rings. The fraction of sp³-hybridized carbons (Fsp3) is 0.200. The molecule has 1 aromatic rings. The van der Waals surface area contributed by atoms with E-state index in [-0.39, 0.29) is 13.2 Å². The molecule has 0 radical (unpaired) electrons. The van der Waals surface area contributed by atoms with Crippen molar-refractivity contribution in [1.82, 2.24) is 0 Å². The van der Waals surface area contributed by atoms with Gasteiger partial charge in [0.25, 0.3) is 0 Å². The van der Waals surface area contributed by atoms with Crippen LogP contribution in [-0.2, 0) is 6.54 Å². The molecule has 0 saturated heterocycles. The van der Waals surface area contributed by atoms with Gasteiger partial charge in [-0.15, -0.1) is 0 Å². The van der Waals surface area contributed by atoms with Crippen LogP contribution in [0.2, 0.25) is 0 Å². The summed E-state index contributed by atoms with van der Waals surface area (Å²) in [5.41, 5.74) is 5.65. The molecule has 0 aliphatic carbocycles. The van der Waals surface area contributed by atoms with Crippen molar-refractivity contribution in [1.29, 1.82) is 0 Å². The highest BCUT2D eigenvalue weighted by Gasteiger charge is 2.12. The zero-order valence-corrected chi connectivity index (χ0v) is 9.48. The van der Waals surface area contributed by atoms with E-state index in [2.05, 4.69) is 22.5 Å². The number of benzene rings is 1. The van der Waals surface area contributed by atoms with Crippen LogP contribution in [0.15, 0.2) is 23.2 Å². The van der Waals surface area contributed by atoms with Gasteiger partial charge in [-0.05, 0) is 17.7 Å². The normalized spacial score (nSPS) is 10.1. The molecule has 0 fully saturated rings. The number of halogens is 3. The highest BCUT2D eigenvalue weighted by Crippen LogP contribution is 2.23. The quantitative estimate of drug-likeness (QED) is 0.919. The van der Waals surface area contributed by atoms with Crippen LogP contribution in [0.3, 0.4) is 0 Å². The minimum atomic E-state index is -0.760. The van der Waals surface area contributed by atoms with Crippen molar-refractivity contribution in [2.45, 2.75) is 6.54 Å². The predicted octanol–water partition coefficient (Wildman–Crippen LogP) is 2.71. The molecule has 0 unspecified atom stereocenters. The molecule has 0 spiro atoms. The lowest BCUT2D eigenvalue weighted by molar-refractivity contribution is 0.318. The summed E-state index contributed by atoms with van der Waals surface area (Å²) in [4.78, 5) is 0. The predicted molar refractivity (Wildman–Crippen MR) is 57.8 cm³/mol. The molecule has 0 amide bonds. The molecule has 1 aromatic carbocycles. The second-order valence-electron chi connectivity index (χ2n) is 2.90. The first kappa shape index (κ1) is 12.1. The van der Waals surface area contributed by atoms with E-state index in [1.807, 2.05) is 0 Å². The summed E-state index contributed by atoms with van der Waals surface area (Å²) in [6.45, 7) is 3.58. The Bertz CT molecular complexity index is 359. The van der Waals surface area contributed by atoms with Crippen molar-refractivity contribution in [3.63, 3.8) is 0 Å². The Morgan fingerprint density at radius 1 is 1.40 bits per heavy atom. The van der Waals surface area contributed by atoms with Gasteiger partial charge in [0.1, 0.15) is 6.61 Å². The number of nitrogens with two attached hydrogens (primary N) is 1. The first-order chi connectivity index (χ1) is 7.04. The van der Waals surface area contributed by atoms with E-state index in [1.165, 1.54) is 0 Å². The number of rotatable bonds is 4. The third kappa shape index (κ3) is 3.28. The average Bonchev–Trinajstić information content (AvgIpc) is 2.15. The van der Waals surface area contributed by atoms with E-state index in [1.54, 1.807) is 0 Å². The summed E-state index contributed by atoms with van der Waals surface area (Å²) in [6.07, 6.45) is 0. The van der Waals surface area contributed by atoms with Crippen molar-refractivity contribution < 1.29 is 13.5 Å². The van der Waals surface area contributed by atoms with Gasteiger partial charge in [-0.3, -0.25) is 0 Å². The molecule has 82 valence electrons. The van der Waals surface area contributed by atoms with Gasteiger partial charge in [-0.1, -0.05) is 22.5 Å². The van der Waals surface area contributed by atoms with Crippen LogP contribution in [0.25, 0.3) is 0 Å². The number of hydrogen-bond donors (Lipinski definition) is 1. The third-order valence-corrected chi connectivity index (χ3v) is 1.90. The molecule has 0 heterocycles. The second-order valence-corrected chi connectivity index (χ2v) is 4.02. The molecule has 0 saturated carbocycles. The van der Waals surface area contributed by atoms with E-state index in [0.717, 1.165) is 12.1 Å². The third-order valence-electron chi connectivity index (χ3n) is 1.67. The van der Waals surface area contributed by atoms with Crippen molar-refractivity contribution >= 4 is 15.9 Å². The minimum Gasteiger partial charge on any atom is -0.482 e. The van der Waals surface area contributed by atoms with Gasteiger partial charge in [0.15, 0.2) is 17.4 Å². The highest BCUT2D eigenvalue weighted by molar-refractivity contribution is 9.11. The highest BCUT2D eigenvalue weighted by atomic mass is 79.9. The topological polar surface area (TPSA) is 35.2 Å². The Morgan fingerprint density at radius 3 is 2.33 bits per heavy atom. The first-order valence-electron chi connectivity index (χ1n) is 4.18. The standard InChI is InChI=1S/C10H10BrF2NO/c1-6(11)5-15-10-8(12)2-7(4-14)3-9(10)13/h2-3H,1,4-5,14H2. The molecule has 2 N–H and O–H groups in total. The maximum absolute atomic E-state index is 13.3. The fourth-order valence-corrected chi connectivity index (χ4v) is 1.13. The van der Waals surface area contributed by atoms with Crippen molar-refractivity contribution in [2.75, 3.05) is 6.61 Å². The summed E-state index contributed by atoms with van der Waals surface area (Å²) in [7, 11) is 0. The van der Waals surface area contributed by atoms with Crippen molar-refractivity contribution in [3.8, 4) is 5.75 Å². The number of ether oxygens (including phenoxy) is 1. The molecule has 0 bridgehead atoms. The monoisotopic (exact) mass is 277 g/mol. The SMILES string of the molecule is C=C(Br)COc1c(F)cc(CN)cc1F. The van der Waals surface area contributed by atoms with Crippen molar-refractivity contribution in [3.05, 3.63) is 40.4 Å². The van der Waals surface area contributed by atoms with Gasteiger partial charge < -0.3 is 10.5 Å². The molecular formula is C10H10BrF2NO. The van der Waals surface area contributed by atoms with Gasteiger partial charge in [0, 0.05) is 11.0 Å². The van der Waals surface area contributed by atoms with Crippen LogP contribution in [-0.4, -0.2) is 6.61 Å². The Hall–Kier alpha value is -0.940. The fourth-order valence-electron chi connectivity index (χ4n) is 1.02. The van der Waals surface area contributed by atoms with Crippen LogP contribution in [0, 0.1) is 11.6 Å². The van der Waals surface area contributed by atoms with Crippen molar-refractivity contribution in [2.24, 2.45) is 5.73 Å². The zero-order valence-electron chi connectivity index (χ0n) is 7.90. The van der Waals surface area contributed by atoms with Crippen LogP contribution < -0.4 is 10.5 Å². The summed E-state index contributed by atoms with van der Waals surface area (Å²) in [5, 5.41) is 0. The van der Waals surface area contributed by atoms with Gasteiger partial charge >= 0.3 is 0 Å². The van der Waals surface area contributed by atoms with Gasteiger partial charge in [0.05, 0.1) is 0 Å². The molecule has 2 nitrogen and oxygen atoms in total. The summed E-state index contributed by atoms with van der Waals surface area (Å²) in [6, 6.07) is 2.30. The van der Waals surface area contributed by atoms with Gasteiger partial charge in [-0.2, -0.15) is 0 Å². The Balaban J connectivity index is 2.92. The lowest BCUT2D eigenvalue weighted by atomic mass is 10.2. The Morgan fingerprint density at radius 2 is 1.93 bits per heavy atom. The lowest BCUT2D eigenvalue weighted by Gasteiger charge is -2.08.